The van der Waals surface area contributed by atoms with Crippen LogP contribution < -0.4 is 9.47 Å². The second kappa shape index (κ2) is 9.80. The molecule has 1 saturated carbocycles. The highest BCUT2D eigenvalue weighted by atomic mass is 16.5. The minimum absolute atomic E-state index is 0.0219. The van der Waals surface area contributed by atoms with Crippen LogP contribution in [0.2, 0.25) is 0 Å². The van der Waals surface area contributed by atoms with Gasteiger partial charge in [0.05, 0.1) is 13.7 Å². The fourth-order valence-electron chi connectivity index (χ4n) is 3.99. The zero-order valence-electron chi connectivity index (χ0n) is 17.1. The van der Waals surface area contributed by atoms with Crippen LogP contribution in [0.3, 0.4) is 0 Å². The Bertz CT molecular complexity index is 677. The third-order valence-corrected chi connectivity index (χ3v) is 5.75. The second-order valence-electron chi connectivity index (χ2n) is 7.67. The van der Waals surface area contributed by atoms with Gasteiger partial charge in [-0.2, -0.15) is 0 Å². The molecule has 2 amide bonds. The molecule has 1 aromatic rings. The molecule has 0 spiro atoms. The third-order valence-electron chi connectivity index (χ3n) is 5.75. The molecule has 1 aliphatic heterocycles. The van der Waals surface area contributed by atoms with E-state index >= 15 is 0 Å². The quantitative estimate of drug-likeness (QED) is 0.672. The first-order chi connectivity index (χ1) is 13.6. The molecule has 1 heterocycles. The summed E-state index contributed by atoms with van der Waals surface area (Å²) in [4.78, 5) is 29.2. The predicted octanol–water partition coefficient (Wildman–Crippen LogP) is 3.35. The number of carbonyl (C=O) groups is 2. The van der Waals surface area contributed by atoms with Gasteiger partial charge in [-0.15, -0.1) is 0 Å². The molecule has 6 heteroatoms. The summed E-state index contributed by atoms with van der Waals surface area (Å²) < 4.78 is 11.2. The molecule has 3 rings (SSSR count). The monoisotopic (exact) mass is 388 g/mol. The summed E-state index contributed by atoms with van der Waals surface area (Å²) in [6.45, 7) is 5.15. The van der Waals surface area contributed by atoms with Crippen molar-refractivity contribution in [2.75, 3.05) is 39.9 Å². The molecule has 1 aromatic carbocycles. The van der Waals surface area contributed by atoms with Gasteiger partial charge in [-0.25, -0.2) is 0 Å². The van der Waals surface area contributed by atoms with Crippen molar-refractivity contribution in [1.29, 1.82) is 0 Å². The lowest BCUT2D eigenvalue weighted by Gasteiger charge is -2.36. The Kier molecular flexibility index (Phi) is 7.18. The molecular formula is C22H32N2O4. The van der Waals surface area contributed by atoms with Gasteiger partial charge in [-0.1, -0.05) is 26.2 Å². The predicted molar refractivity (Wildman–Crippen MR) is 108 cm³/mol. The molecule has 1 aliphatic carbocycles. The zero-order valence-corrected chi connectivity index (χ0v) is 17.1. The van der Waals surface area contributed by atoms with Gasteiger partial charge in [0, 0.05) is 37.7 Å². The Hall–Kier alpha value is -2.24. The molecule has 0 bridgehead atoms. The van der Waals surface area contributed by atoms with Crippen LogP contribution >= 0.6 is 0 Å². The van der Waals surface area contributed by atoms with Crippen LogP contribution in [0.15, 0.2) is 18.2 Å². The molecule has 0 unspecified atom stereocenters. The third kappa shape index (κ3) is 4.78. The van der Waals surface area contributed by atoms with Crippen LogP contribution in [-0.4, -0.2) is 61.5 Å². The highest BCUT2D eigenvalue weighted by Crippen LogP contribution is 2.29. The maximum absolute atomic E-state index is 12.9. The summed E-state index contributed by atoms with van der Waals surface area (Å²) in [6.07, 6.45) is 6.40. The minimum Gasteiger partial charge on any atom is -0.493 e. The summed E-state index contributed by atoms with van der Waals surface area (Å²) in [5.74, 6) is 1.70. The van der Waals surface area contributed by atoms with E-state index in [0.717, 1.165) is 38.5 Å². The van der Waals surface area contributed by atoms with Crippen molar-refractivity contribution in [3.63, 3.8) is 0 Å². The van der Waals surface area contributed by atoms with Gasteiger partial charge in [-0.05, 0) is 37.5 Å². The van der Waals surface area contributed by atoms with E-state index in [1.165, 1.54) is 0 Å². The Morgan fingerprint density at radius 2 is 1.71 bits per heavy atom. The van der Waals surface area contributed by atoms with Crippen molar-refractivity contribution in [2.24, 2.45) is 5.92 Å². The molecule has 1 saturated heterocycles. The van der Waals surface area contributed by atoms with Gasteiger partial charge in [0.1, 0.15) is 0 Å². The molecule has 0 radical (unpaired) electrons. The first-order valence-electron chi connectivity index (χ1n) is 10.5. The van der Waals surface area contributed by atoms with E-state index in [0.29, 0.717) is 49.8 Å². The van der Waals surface area contributed by atoms with E-state index in [-0.39, 0.29) is 17.7 Å². The Morgan fingerprint density at radius 1 is 1.04 bits per heavy atom. The van der Waals surface area contributed by atoms with E-state index in [2.05, 4.69) is 6.92 Å². The average molecular weight is 389 g/mol. The summed E-state index contributed by atoms with van der Waals surface area (Å²) >= 11 is 0. The van der Waals surface area contributed by atoms with E-state index < -0.39 is 0 Å². The number of nitrogens with zero attached hydrogens (tertiary/aromatic N) is 2. The minimum atomic E-state index is -0.0219. The van der Waals surface area contributed by atoms with Crippen LogP contribution in [0.5, 0.6) is 11.5 Å². The number of unbranched alkanes of at least 4 members (excludes halogenated alkanes) is 1. The number of hydrogen-bond acceptors (Lipinski definition) is 4. The first-order valence-corrected chi connectivity index (χ1v) is 10.5. The molecule has 0 N–H and O–H groups in total. The van der Waals surface area contributed by atoms with E-state index in [9.17, 15) is 9.59 Å². The number of carbonyl (C=O) groups excluding carboxylic acids is 2. The van der Waals surface area contributed by atoms with Crippen LogP contribution in [-0.2, 0) is 4.79 Å². The Morgan fingerprint density at radius 3 is 2.36 bits per heavy atom. The van der Waals surface area contributed by atoms with E-state index in [1.807, 2.05) is 15.9 Å². The lowest BCUT2D eigenvalue weighted by Crippen LogP contribution is -2.51. The van der Waals surface area contributed by atoms with Crippen LogP contribution in [0.4, 0.5) is 0 Å². The SMILES string of the molecule is CCCCOc1ccc(C(=O)N2CCN(C(=O)C3CCCC3)CC2)cc1OC. The number of rotatable bonds is 7. The topological polar surface area (TPSA) is 59.1 Å². The van der Waals surface area contributed by atoms with E-state index in [4.69, 9.17) is 9.47 Å². The van der Waals surface area contributed by atoms with Crippen molar-refractivity contribution >= 4 is 11.8 Å². The largest absolute Gasteiger partial charge is 0.493 e. The fourth-order valence-corrected chi connectivity index (χ4v) is 3.99. The standard InChI is InChI=1S/C22H32N2O4/c1-3-4-15-28-19-10-9-18(16-20(19)27-2)22(26)24-13-11-23(12-14-24)21(25)17-7-5-6-8-17/h9-10,16-17H,3-8,11-15H2,1-2H3. The molecular weight excluding hydrogens is 356 g/mol. The van der Waals surface area contributed by atoms with Gasteiger partial charge in [0.15, 0.2) is 11.5 Å². The number of ether oxygens (including phenoxy) is 2. The summed E-state index contributed by atoms with van der Waals surface area (Å²) in [7, 11) is 1.59. The van der Waals surface area contributed by atoms with Crippen molar-refractivity contribution in [2.45, 2.75) is 45.4 Å². The smallest absolute Gasteiger partial charge is 0.254 e. The number of amides is 2. The Balaban J connectivity index is 1.57. The van der Waals surface area contributed by atoms with Gasteiger partial charge < -0.3 is 19.3 Å². The maximum Gasteiger partial charge on any atom is 0.254 e. The summed E-state index contributed by atoms with van der Waals surface area (Å²) in [5.41, 5.74) is 0.593. The average Bonchev–Trinajstić information content (AvgIpc) is 3.28. The van der Waals surface area contributed by atoms with Gasteiger partial charge in [0.2, 0.25) is 5.91 Å². The number of hydrogen-bond donors (Lipinski definition) is 0. The van der Waals surface area contributed by atoms with Crippen LogP contribution in [0, 0.1) is 5.92 Å². The van der Waals surface area contributed by atoms with Crippen molar-refractivity contribution in [3.05, 3.63) is 23.8 Å². The lowest BCUT2D eigenvalue weighted by molar-refractivity contribution is -0.136. The first kappa shape index (κ1) is 20.5. The normalized spacial score (nSPS) is 17.6. The molecule has 0 atom stereocenters. The molecule has 2 aliphatic rings. The summed E-state index contributed by atoms with van der Waals surface area (Å²) in [6, 6.07) is 5.35. The van der Waals surface area contributed by atoms with E-state index in [1.54, 1.807) is 19.2 Å². The van der Waals surface area contributed by atoms with Crippen LogP contribution in [0.25, 0.3) is 0 Å². The molecule has 6 nitrogen and oxygen atoms in total. The zero-order chi connectivity index (χ0) is 19.9. The van der Waals surface area contributed by atoms with Gasteiger partial charge in [-0.3, -0.25) is 9.59 Å². The number of methoxy groups -OCH3 is 1. The maximum atomic E-state index is 12.9. The van der Waals surface area contributed by atoms with Crippen molar-refractivity contribution in [3.8, 4) is 11.5 Å². The summed E-state index contributed by atoms with van der Waals surface area (Å²) in [5, 5.41) is 0. The number of piperazine rings is 1. The molecule has 28 heavy (non-hydrogen) atoms. The molecule has 2 fully saturated rings. The van der Waals surface area contributed by atoms with Gasteiger partial charge in [0.25, 0.3) is 5.91 Å². The van der Waals surface area contributed by atoms with Crippen molar-refractivity contribution in [1.82, 2.24) is 9.80 Å². The van der Waals surface area contributed by atoms with Gasteiger partial charge >= 0.3 is 0 Å². The fraction of sp³-hybridized carbons (Fsp3) is 0.636. The number of benzene rings is 1. The Labute approximate surface area is 167 Å². The second-order valence-corrected chi connectivity index (χ2v) is 7.67. The highest BCUT2D eigenvalue weighted by molar-refractivity contribution is 5.95. The highest BCUT2D eigenvalue weighted by Gasteiger charge is 2.30. The lowest BCUT2D eigenvalue weighted by atomic mass is 10.1. The van der Waals surface area contributed by atoms with Crippen molar-refractivity contribution < 1.29 is 19.1 Å². The molecule has 154 valence electrons. The molecule has 0 aromatic heterocycles. The van der Waals surface area contributed by atoms with Crippen LogP contribution in [0.1, 0.15) is 55.8 Å².